The molecule has 0 aliphatic carbocycles. The topological polar surface area (TPSA) is 30.7 Å². The van der Waals surface area contributed by atoms with Gasteiger partial charge in [-0.3, -0.25) is 4.57 Å². The summed E-state index contributed by atoms with van der Waals surface area (Å²) in [5.41, 5.74) is 12.8. The third-order valence-electron chi connectivity index (χ3n) is 7.75. The molecule has 3 heteroatoms. The summed E-state index contributed by atoms with van der Waals surface area (Å²) in [5, 5.41) is 1.09. The van der Waals surface area contributed by atoms with E-state index >= 15 is 0 Å². The number of benzene rings is 6. The Balaban J connectivity index is 1.40. The van der Waals surface area contributed by atoms with Gasteiger partial charge in [0.1, 0.15) is 5.52 Å². The molecule has 0 unspecified atom stereocenters. The number of fused-ring (bicyclic) bond motifs is 4. The SMILES string of the molecule is c1ccc(-c2cc(-c3ccccc3)cc(-c3ccc4c5nc6ccccc6nc5n(-c5ccccc5)c4c3)c2)cc1. The first kappa shape index (κ1) is 23.4. The fourth-order valence-electron chi connectivity index (χ4n) is 5.77. The van der Waals surface area contributed by atoms with E-state index in [4.69, 9.17) is 9.97 Å². The van der Waals surface area contributed by atoms with Gasteiger partial charge in [0, 0.05) is 11.1 Å². The molecule has 8 rings (SSSR count). The van der Waals surface area contributed by atoms with Crippen LogP contribution in [0.4, 0.5) is 0 Å². The Kier molecular flexibility index (Phi) is 5.46. The van der Waals surface area contributed by atoms with E-state index in [-0.39, 0.29) is 0 Å². The highest BCUT2D eigenvalue weighted by molar-refractivity contribution is 6.08. The predicted octanol–water partition coefficient (Wildman–Crippen LogP) is 9.73. The Bertz CT molecular complexity index is 2120. The average molecular weight is 524 g/mol. The molecule has 8 aromatic rings. The van der Waals surface area contributed by atoms with Gasteiger partial charge in [0.15, 0.2) is 5.65 Å². The van der Waals surface area contributed by atoms with Gasteiger partial charge in [-0.05, 0) is 88.0 Å². The van der Waals surface area contributed by atoms with E-state index in [0.717, 1.165) is 44.4 Å². The van der Waals surface area contributed by atoms with Crippen LogP contribution in [-0.4, -0.2) is 14.5 Å². The second-order valence-electron chi connectivity index (χ2n) is 10.3. The van der Waals surface area contributed by atoms with Gasteiger partial charge in [-0.2, -0.15) is 0 Å². The van der Waals surface area contributed by atoms with E-state index in [0.29, 0.717) is 0 Å². The number of aromatic nitrogens is 3. The van der Waals surface area contributed by atoms with Crippen molar-refractivity contribution in [3.05, 3.63) is 152 Å². The smallest absolute Gasteiger partial charge is 0.165 e. The number of hydrogen-bond acceptors (Lipinski definition) is 2. The zero-order valence-electron chi connectivity index (χ0n) is 22.3. The minimum atomic E-state index is 0.866. The van der Waals surface area contributed by atoms with Crippen molar-refractivity contribution >= 4 is 33.1 Å². The number of hydrogen-bond donors (Lipinski definition) is 0. The summed E-state index contributed by atoms with van der Waals surface area (Å²) < 4.78 is 2.24. The molecule has 0 saturated heterocycles. The van der Waals surface area contributed by atoms with Crippen LogP contribution in [0.2, 0.25) is 0 Å². The van der Waals surface area contributed by atoms with Crippen LogP contribution in [0.1, 0.15) is 0 Å². The largest absolute Gasteiger partial charge is 0.293 e. The number of para-hydroxylation sites is 3. The van der Waals surface area contributed by atoms with Crippen molar-refractivity contribution in [3.8, 4) is 39.1 Å². The maximum Gasteiger partial charge on any atom is 0.165 e. The van der Waals surface area contributed by atoms with Gasteiger partial charge in [0.2, 0.25) is 0 Å². The Morgan fingerprint density at radius 1 is 0.390 bits per heavy atom. The Labute approximate surface area is 238 Å². The summed E-state index contributed by atoms with van der Waals surface area (Å²) in [6.45, 7) is 0. The van der Waals surface area contributed by atoms with Crippen LogP contribution >= 0.6 is 0 Å². The molecule has 0 N–H and O–H groups in total. The van der Waals surface area contributed by atoms with Gasteiger partial charge < -0.3 is 0 Å². The zero-order chi connectivity index (χ0) is 27.2. The summed E-state index contributed by atoms with van der Waals surface area (Å²) in [7, 11) is 0. The molecule has 0 radical (unpaired) electrons. The maximum absolute atomic E-state index is 5.10. The first-order chi connectivity index (χ1) is 20.3. The average Bonchev–Trinajstić information content (AvgIpc) is 3.37. The minimum absolute atomic E-state index is 0.866. The van der Waals surface area contributed by atoms with Crippen molar-refractivity contribution in [2.75, 3.05) is 0 Å². The number of rotatable bonds is 4. The van der Waals surface area contributed by atoms with E-state index < -0.39 is 0 Å². The van der Waals surface area contributed by atoms with E-state index in [9.17, 15) is 0 Å². The fourth-order valence-corrected chi connectivity index (χ4v) is 5.77. The summed E-state index contributed by atoms with van der Waals surface area (Å²) in [6, 6.07) is 53.3. The van der Waals surface area contributed by atoms with Crippen molar-refractivity contribution in [2.24, 2.45) is 0 Å². The third kappa shape index (κ3) is 4.07. The molecule has 0 amide bonds. The molecule has 2 aromatic heterocycles. The van der Waals surface area contributed by atoms with Gasteiger partial charge in [0.05, 0.1) is 16.6 Å². The van der Waals surface area contributed by atoms with Crippen molar-refractivity contribution in [1.29, 1.82) is 0 Å². The molecule has 0 aliphatic rings. The highest BCUT2D eigenvalue weighted by Crippen LogP contribution is 2.37. The van der Waals surface area contributed by atoms with Crippen LogP contribution in [0.15, 0.2) is 152 Å². The maximum atomic E-state index is 5.10. The molecule has 6 aromatic carbocycles. The van der Waals surface area contributed by atoms with Crippen LogP contribution in [0.3, 0.4) is 0 Å². The van der Waals surface area contributed by atoms with Crippen LogP contribution < -0.4 is 0 Å². The van der Waals surface area contributed by atoms with Crippen LogP contribution in [0.25, 0.3) is 72.2 Å². The molecule has 0 spiro atoms. The molecule has 0 atom stereocenters. The van der Waals surface area contributed by atoms with Crippen molar-refractivity contribution < 1.29 is 0 Å². The van der Waals surface area contributed by atoms with E-state index in [1.54, 1.807) is 0 Å². The number of nitrogens with zero attached hydrogens (tertiary/aromatic N) is 3. The van der Waals surface area contributed by atoms with E-state index in [1.165, 1.54) is 27.8 Å². The zero-order valence-corrected chi connectivity index (χ0v) is 22.3. The first-order valence-corrected chi connectivity index (χ1v) is 13.8. The highest BCUT2D eigenvalue weighted by atomic mass is 15.1. The van der Waals surface area contributed by atoms with Gasteiger partial charge in [-0.15, -0.1) is 0 Å². The molecule has 0 aliphatic heterocycles. The Morgan fingerprint density at radius 3 is 1.51 bits per heavy atom. The van der Waals surface area contributed by atoms with Crippen LogP contribution in [-0.2, 0) is 0 Å². The normalized spacial score (nSPS) is 11.4. The van der Waals surface area contributed by atoms with Crippen molar-refractivity contribution in [3.63, 3.8) is 0 Å². The lowest BCUT2D eigenvalue weighted by Crippen LogP contribution is -1.96. The van der Waals surface area contributed by atoms with Gasteiger partial charge in [0.25, 0.3) is 0 Å². The second-order valence-corrected chi connectivity index (χ2v) is 10.3. The molecular weight excluding hydrogens is 498 g/mol. The molecule has 0 bridgehead atoms. The van der Waals surface area contributed by atoms with Crippen molar-refractivity contribution in [1.82, 2.24) is 14.5 Å². The lowest BCUT2D eigenvalue weighted by Gasteiger charge is -2.12. The van der Waals surface area contributed by atoms with Gasteiger partial charge >= 0.3 is 0 Å². The Morgan fingerprint density at radius 2 is 0.902 bits per heavy atom. The molecular formula is C38H25N3. The van der Waals surface area contributed by atoms with Crippen molar-refractivity contribution in [2.45, 2.75) is 0 Å². The molecule has 41 heavy (non-hydrogen) atoms. The summed E-state index contributed by atoms with van der Waals surface area (Å²) >= 11 is 0. The molecule has 3 nitrogen and oxygen atoms in total. The molecule has 0 fully saturated rings. The van der Waals surface area contributed by atoms with Gasteiger partial charge in [-0.25, -0.2) is 9.97 Å². The summed E-state index contributed by atoms with van der Waals surface area (Å²) in [5.74, 6) is 0. The van der Waals surface area contributed by atoms with E-state index in [2.05, 4.69) is 126 Å². The quantitative estimate of drug-likeness (QED) is 0.230. The highest BCUT2D eigenvalue weighted by Gasteiger charge is 2.17. The summed E-state index contributed by atoms with van der Waals surface area (Å²) in [4.78, 5) is 10.2. The lowest BCUT2D eigenvalue weighted by atomic mass is 9.93. The monoisotopic (exact) mass is 523 g/mol. The molecule has 192 valence electrons. The standard InChI is InChI=1S/C38H25N3/c1-4-12-26(13-5-1)29-22-30(27-14-6-2-7-15-27)24-31(23-29)28-20-21-33-36(25-28)41(32-16-8-3-9-17-32)38-37(33)39-34-18-10-11-19-35(34)40-38/h1-25H. The third-order valence-corrected chi connectivity index (χ3v) is 7.75. The predicted molar refractivity (Wildman–Crippen MR) is 170 cm³/mol. The van der Waals surface area contributed by atoms with Crippen LogP contribution in [0.5, 0.6) is 0 Å². The van der Waals surface area contributed by atoms with Crippen LogP contribution in [0, 0.1) is 0 Å². The van der Waals surface area contributed by atoms with Gasteiger partial charge in [-0.1, -0.05) is 97.1 Å². The Hall–Kier alpha value is -5.54. The molecule has 2 heterocycles. The first-order valence-electron chi connectivity index (χ1n) is 13.8. The second kappa shape index (κ2) is 9.58. The summed E-state index contributed by atoms with van der Waals surface area (Å²) in [6.07, 6.45) is 0. The fraction of sp³-hybridized carbons (Fsp3) is 0. The molecule has 0 saturated carbocycles. The minimum Gasteiger partial charge on any atom is -0.293 e. The lowest BCUT2D eigenvalue weighted by molar-refractivity contribution is 1.14. The van der Waals surface area contributed by atoms with E-state index in [1.807, 2.05) is 30.3 Å².